The third kappa shape index (κ3) is 2.79. The second-order valence-electron chi connectivity index (χ2n) is 4.98. The zero-order valence-corrected chi connectivity index (χ0v) is 11.8. The highest BCUT2D eigenvalue weighted by molar-refractivity contribution is 6.32. The summed E-state index contributed by atoms with van der Waals surface area (Å²) in [4.78, 5) is 2.33. The maximum Gasteiger partial charge on any atom is 0.137 e. The first-order valence-electron chi connectivity index (χ1n) is 6.42. The summed E-state index contributed by atoms with van der Waals surface area (Å²) in [7, 11) is 3.76. The highest BCUT2D eigenvalue weighted by Gasteiger charge is 2.26. The molecule has 1 heterocycles. The SMILES string of the molecule is COc1ccc(C2C(N)CCCCN2C)cc1Cl. The number of halogens is 1. The van der Waals surface area contributed by atoms with Crippen molar-refractivity contribution in [2.45, 2.75) is 31.3 Å². The lowest BCUT2D eigenvalue weighted by molar-refractivity contribution is 0.230. The molecule has 0 aromatic heterocycles. The van der Waals surface area contributed by atoms with Gasteiger partial charge in [0.05, 0.1) is 12.1 Å². The summed E-state index contributed by atoms with van der Waals surface area (Å²) in [6, 6.07) is 6.38. The van der Waals surface area contributed by atoms with Gasteiger partial charge in [-0.05, 0) is 44.1 Å². The molecule has 18 heavy (non-hydrogen) atoms. The van der Waals surface area contributed by atoms with Crippen LogP contribution in [0.2, 0.25) is 5.02 Å². The fourth-order valence-corrected chi connectivity index (χ4v) is 3.00. The van der Waals surface area contributed by atoms with Gasteiger partial charge in [-0.25, -0.2) is 0 Å². The summed E-state index contributed by atoms with van der Waals surface area (Å²) in [6.07, 6.45) is 3.48. The van der Waals surface area contributed by atoms with Gasteiger partial charge in [-0.3, -0.25) is 4.90 Å². The zero-order chi connectivity index (χ0) is 13.1. The van der Waals surface area contributed by atoms with Gasteiger partial charge >= 0.3 is 0 Å². The molecule has 0 bridgehead atoms. The summed E-state index contributed by atoms with van der Waals surface area (Å²) in [5.74, 6) is 0.713. The molecule has 3 nitrogen and oxygen atoms in total. The number of nitrogens with zero attached hydrogens (tertiary/aromatic N) is 1. The molecule has 0 spiro atoms. The molecule has 1 aliphatic rings. The number of nitrogens with two attached hydrogens (primary N) is 1. The lowest BCUT2D eigenvalue weighted by Gasteiger charge is -2.30. The van der Waals surface area contributed by atoms with E-state index in [1.807, 2.05) is 12.1 Å². The van der Waals surface area contributed by atoms with E-state index in [0.29, 0.717) is 10.8 Å². The molecule has 1 saturated heterocycles. The Bertz CT molecular complexity index is 399. The van der Waals surface area contributed by atoms with Crippen molar-refractivity contribution < 1.29 is 4.74 Å². The van der Waals surface area contributed by atoms with E-state index in [-0.39, 0.29) is 12.1 Å². The molecule has 0 aliphatic carbocycles. The Kier molecular flexibility index (Phi) is 4.49. The van der Waals surface area contributed by atoms with Crippen molar-refractivity contribution in [1.82, 2.24) is 4.90 Å². The summed E-state index contributed by atoms with van der Waals surface area (Å²) < 4.78 is 5.19. The van der Waals surface area contributed by atoms with Gasteiger partial charge in [0.25, 0.3) is 0 Å². The molecule has 1 aromatic carbocycles. The van der Waals surface area contributed by atoms with Crippen LogP contribution in [-0.2, 0) is 0 Å². The third-order valence-electron chi connectivity index (χ3n) is 3.70. The number of ether oxygens (including phenoxy) is 1. The van der Waals surface area contributed by atoms with Gasteiger partial charge in [-0.2, -0.15) is 0 Å². The van der Waals surface area contributed by atoms with Crippen molar-refractivity contribution in [3.05, 3.63) is 28.8 Å². The van der Waals surface area contributed by atoms with Crippen LogP contribution in [0.4, 0.5) is 0 Å². The van der Waals surface area contributed by atoms with Gasteiger partial charge < -0.3 is 10.5 Å². The number of hydrogen-bond acceptors (Lipinski definition) is 3. The minimum Gasteiger partial charge on any atom is -0.495 e. The zero-order valence-electron chi connectivity index (χ0n) is 11.0. The number of hydrogen-bond donors (Lipinski definition) is 1. The lowest BCUT2D eigenvalue weighted by atomic mass is 9.96. The van der Waals surface area contributed by atoms with Crippen molar-refractivity contribution in [3.63, 3.8) is 0 Å². The number of likely N-dealkylation sites (N-methyl/N-ethyl adjacent to an activating group) is 1. The Labute approximate surface area is 114 Å². The predicted octanol–water partition coefficient (Wildman–Crippen LogP) is 2.83. The van der Waals surface area contributed by atoms with Crippen molar-refractivity contribution in [2.75, 3.05) is 20.7 Å². The third-order valence-corrected chi connectivity index (χ3v) is 3.99. The Morgan fingerprint density at radius 2 is 2.17 bits per heavy atom. The maximum atomic E-state index is 6.31. The fourth-order valence-electron chi connectivity index (χ4n) is 2.73. The molecule has 2 unspecified atom stereocenters. The van der Waals surface area contributed by atoms with Crippen LogP contribution in [0.15, 0.2) is 18.2 Å². The summed E-state index contributed by atoms with van der Waals surface area (Å²) in [6.45, 7) is 1.09. The average Bonchev–Trinajstić information content (AvgIpc) is 2.50. The van der Waals surface area contributed by atoms with Crippen molar-refractivity contribution in [1.29, 1.82) is 0 Å². The number of methoxy groups -OCH3 is 1. The molecule has 4 heteroatoms. The van der Waals surface area contributed by atoms with E-state index in [4.69, 9.17) is 22.1 Å². The van der Waals surface area contributed by atoms with Gasteiger partial charge in [-0.15, -0.1) is 0 Å². The van der Waals surface area contributed by atoms with Crippen LogP contribution in [0.1, 0.15) is 30.9 Å². The summed E-state index contributed by atoms with van der Waals surface area (Å²) in [5, 5.41) is 0.653. The Balaban J connectivity index is 2.30. The van der Waals surface area contributed by atoms with E-state index in [1.165, 1.54) is 18.4 Å². The molecule has 0 saturated carbocycles. The molecule has 1 aromatic rings. The largest absolute Gasteiger partial charge is 0.495 e. The molecule has 2 atom stereocenters. The van der Waals surface area contributed by atoms with Crippen LogP contribution in [0.25, 0.3) is 0 Å². The minimum absolute atomic E-state index is 0.168. The van der Waals surface area contributed by atoms with Crippen LogP contribution in [-0.4, -0.2) is 31.6 Å². The fraction of sp³-hybridized carbons (Fsp3) is 0.571. The van der Waals surface area contributed by atoms with Gasteiger partial charge in [-0.1, -0.05) is 24.1 Å². The average molecular weight is 269 g/mol. The Morgan fingerprint density at radius 3 is 2.83 bits per heavy atom. The monoisotopic (exact) mass is 268 g/mol. The van der Waals surface area contributed by atoms with Crippen LogP contribution in [0, 0.1) is 0 Å². The van der Waals surface area contributed by atoms with E-state index >= 15 is 0 Å². The highest BCUT2D eigenvalue weighted by atomic mass is 35.5. The number of likely N-dealkylation sites (tertiary alicyclic amines) is 1. The molecule has 1 fully saturated rings. The summed E-state index contributed by atoms with van der Waals surface area (Å²) >= 11 is 6.20. The lowest BCUT2D eigenvalue weighted by Crippen LogP contribution is -2.37. The quantitative estimate of drug-likeness (QED) is 0.896. The van der Waals surface area contributed by atoms with Gasteiger partial charge in [0.1, 0.15) is 5.75 Å². The molecule has 0 radical (unpaired) electrons. The van der Waals surface area contributed by atoms with Crippen molar-refractivity contribution >= 4 is 11.6 Å². The first kappa shape index (κ1) is 13.7. The first-order chi connectivity index (χ1) is 8.63. The first-order valence-corrected chi connectivity index (χ1v) is 6.80. The second-order valence-corrected chi connectivity index (χ2v) is 5.39. The predicted molar refractivity (Wildman–Crippen MR) is 75.2 cm³/mol. The highest BCUT2D eigenvalue weighted by Crippen LogP contribution is 2.33. The van der Waals surface area contributed by atoms with Crippen LogP contribution in [0.5, 0.6) is 5.75 Å². The molecular formula is C14H21ClN2O. The normalized spacial score (nSPS) is 25.8. The van der Waals surface area contributed by atoms with Crippen LogP contribution < -0.4 is 10.5 Å². The molecule has 2 N–H and O–H groups in total. The van der Waals surface area contributed by atoms with Crippen LogP contribution >= 0.6 is 11.6 Å². The molecular weight excluding hydrogens is 248 g/mol. The number of benzene rings is 1. The van der Waals surface area contributed by atoms with Crippen LogP contribution in [0.3, 0.4) is 0 Å². The molecule has 2 rings (SSSR count). The van der Waals surface area contributed by atoms with Gasteiger partial charge in [0.15, 0.2) is 0 Å². The van der Waals surface area contributed by atoms with E-state index in [1.54, 1.807) is 7.11 Å². The second kappa shape index (κ2) is 5.91. The Hall–Kier alpha value is -0.770. The molecule has 0 amide bonds. The maximum absolute atomic E-state index is 6.31. The van der Waals surface area contributed by atoms with E-state index in [2.05, 4.69) is 18.0 Å². The van der Waals surface area contributed by atoms with Crippen molar-refractivity contribution in [2.24, 2.45) is 5.73 Å². The van der Waals surface area contributed by atoms with Gasteiger partial charge in [0, 0.05) is 12.1 Å². The van der Waals surface area contributed by atoms with E-state index in [0.717, 1.165) is 13.0 Å². The minimum atomic E-state index is 0.168. The van der Waals surface area contributed by atoms with Gasteiger partial charge in [0.2, 0.25) is 0 Å². The molecule has 1 aliphatic heterocycles. The van der Waals surface area contributed by atoms with Crippen molar-refractivity contribution in [3.8, 4) is 5.75 Å². The molecule has 100 valence electrons. The summed E-state index contributed by atoms with van der Waals surface area (Å²) in [5.41, 5.74) is 7.48. The Morgan fingerprint density at radius 1 is 1.39 bits per heavy atom. The van der Waals surface area contributed by atoms with E-state index in [9.17, 15) is 0 Å². The van der Waals surface area contributed by atoms with E-state index < -0.39 is 0 Å². The number of rotatable bonds is 2. The standard InChI is InChI=1S/C14H21ClN2O/c1-17-8-4-3-5-12(16)14(17)10-6-7-13(18-2)11(15)9-10/h6-7,9,12,14H,3-5,8,16H2,1-2H3. The topological polar surface area (TPSA) is 38.5 Å². The smallest absolute Gasteiger partial charge is 0.137 e.